The van der Waals surface area contributed by atoms with Crippen molar-refractivity contribution in [2.45, 2.75) is 84.3 Å². The first-order chi connectivity index (χ1) is 14.7. The van der Waals surface area contributed by atoms with Crippen LogP contribution >= 0.6 is 0 Å². The van der Waals surface area contributed by atoms with Gasteiger partial charge in [-0.25, -0.2) is 0 Å². The normalized spacial score (nSPS) is 12.8. The van der Waals surface area contributed by atoms with E-state index in [-0.39, 0.29) is 0 Å². The molecule has 0 aromatic heterocycles. The highest BCUT2D eigenvalue weighted by atomic mass is 16.7. The summed E-state index contributed by atoms with van der Waals surface area (Å²) in [4.78, 5) is 0. The zero-order valence-electron chi connectivity index (χ0n) is 19.4. The van der Waals surface area contributed by atoms with Crippen molar-refractivity contribution in [3.8, 4) is 0 Å². The molecule has 2 aromatic rings. The summed E-state index contributed by atoms with van der Waals surface area (Å²) < 4.78 is 13.0. The molecule has 2 nitrogen and oxygen atoms in total. The highest BCUT2D eigenvalue weighted by molar-refractivity contribution is 5.19. The van der Waals surface area contributed by atoms with Gasteiger partial charge in [-0.1, -0.05) is 106 Å². The summed E-state index contributed by atoms with van der Waals surface area (Å²) in [5, 5.41) is 0. The summed E-state index contributed by atoms with van der Waals surface area (Å²) in [5.41, 5.74) is 2.64. The van der Waals surface area contributed by atoms with Gasteiger partial charge in [-0.15, -0.1) is 0 Å². The second-order valence-corrected chi connectivity index (χ2v) is 8.28. The molecule has 0 fully saturated rings. The SMILES string of the molecule is CCCCCCCCC(Cc1ccccc1)C(Cc1ccccc1)(OCC)OCC. The second-order valence-electron chi connectivity index (χ2n) is 8.28. The molecule has 1 unspecified atom stereocenters. The maximum absolute atomic E-state index is 6.48. The summed E-state index contributed by atoms with van der Waals surface area (Å²) >= 11 is 0. The monoisotopic (exact) mass is 410 g/mol. The van der Waals surface area contributed by atoms with Crippen LogP contribution in [-0.2, 0) is 22.3 Å². The van der Waals surface area contributed by atoms with Crippen LogP contribution in [-0.4, -0.2) is 19.0 Å². The van der Waals surface area contributed by atoms with Gasteiger partial charge in [-0.2, -0.15) is 0 Å². The Kier molecular flexibility index (Phi) is 11.8. The lowest BCUT2D eigenvalue weighted by Crippen LogP contribution is -2.47. The fraction of sp³-hybridized carbons (Fsp3) is 0.571. The summed E-state index contributed by atoms with van der Waals surface area (Å²) in [6.45, 7) is 7.77. The van der Waals surface area contributed by atoms with Crippen molar-refractivity contribution >= 4 is 0 Å². The van der Waals surface area contributed by atoms with Crippen LogP contribution in [0.5, 0.6) is 0 Å². The van der Waals surface area contributed by atoms with Gasteiger partial charge in [0.25, 0.3) is 0 Å². The predicted molar refractivity (Wildman–Crippen MR) is 128 cm³/mol. The molecule has 0 aliphatic rings. The lowest BCUT2D eigenvalue weighted by atomic mass is 9.83. The smallest absolute Gasteiger partial charge is 0.175 e. The zero-order chi connectivity index (χ0) is 21.5. The number of unbranched alkanes of at least 4 members (excludes halogenated alkanes) is 5. The van der Waals surface area contributed by atoms with Gasteiger partial charge in [0.15, 0.2) is 5.79 Å². The van der Waals surface area contributed by atoms with E-state index in [2.05, 4.69) is 81.4 Å². The minimum atomic E-state index is -0.579. The number of hydrogen-bond donors (Lipinski definition) is 0. The van der Waals surface area contributed by atoms with Crippen LogP contribution in [0, 0.1) is 5.92 Å². The largest absolute Gasteiger partial charge is 0.350 e. The fourth-order valence-corrected chi connectivity index (χ4v) is 4.44. The topological polar surface area (TPSA) is 18.5 Å². The first kappa shape index (κ1) is 24.6. The molecule has 30 heavy (non-hydrogen) atoms. The van der Waals surface area contributed by atoms with Crippen LogP contribution in [0.1, 0.15) is 76.8 Å². The number of ether oxygens (including phenoxy) is 2. The van der Waals surface area contributed by atoms with E-state index in [0.29, 0.717) is 19.1 Å². The summed E-state index contributed by atoms with van der Waals surface area (Å²) in [6.07, 6.45) is 10.8. The number of benzene rings is 2. The van der Waals surface area contributed by atoms with Crippen molar-refractivity contribution in [2.24, 2.45) is 5.92 Å². The molecule has 2 heteroatoms. The van der Waals surface area contributed by atoms with E-state index in [9.17, 15) is 0 Å². The van der Waals surface area contributed by atoms with Crippen molar-refractivity contribution in [1.82, 2.24) is 0 Å². The van der Waals surface area contributed by atoms with E-state index in [4.69, 9.17) is 9.47 Å². The van der Waals surface area contributed by atoms with Gasteiger partial charge >= 0.3 is 0 Å². The molecule has 0 aliphatic heterocycles. The second kappa shape index (κ2) is 14.4. The number of rotatable bonds is 16. The van der Waals surface area contributed by atoms with Crippen molar-refractivity contribution in [3.05, 3.63) is 71.8 Å². The van der Waals surface area contributed by atoms with E-state index >= 15 is 0 Å². The number of hydrogen-bond acceptors (Lipinski definition) is 2. The molecular weight excluding hydrogens is 368 g/mol. The van der Waals surface area contributed by atoms with E-state index in [1.165, 1.54) is 49.7 Å². The maximum atomic E-state index is 6.48. The molecule has 0 radical (unpaired) electrons. The van der Waals surface area contributed by atoms with Crippen molar-refractivity contribution < 1.29 is 9.47 Å². The maximum Gasteiger partial charge on any atom is 0.175 e. The predicted octanol–water partition coefficient (Wildman–Crippen LogP) is 7.61. The molecule has 0 saturated carbocycles. The highest BCUT2D eigenvalue weighted by Crippen LogP contribution is 2.35. The van der Waals surface area contributed by atoms with E-state index in [1.54, 1.807) is 0 Å². The first-order valence-corrected chi connectivity index (χ1v) is 12.1. The Morgan fingerprint density at radius 3 is 1.77 bits per heavy atom. The Hall–Kier alpha value is -1.64. The standard InChI is InChI=1S/C28H42O2/c1-4-7-8-9-10-17-22-27(23-25-18-13-11-14-19-25)28(29-5-2,30-6-3)24-26-20-15-12-16-21-26/h11-16,18-21,27H,4-10,17,22-24H2,1-3H3. The van der Waals surface area contributed by atoms with Crippen molar-refractivity contribution in [2.75, 3.05) is 13.2 Å². The summed E-state index contributed by atoms with van der Waals surface area (Å²) in [6, 6.07) is 21.5. The molecular formula is C28H42O2. The van der Waals surface area contributed by atoms with Crippen LogP contribution in [0.2, 0.25) is 0 Å². The average Bonchev–Trinajstić information content (AvgIpc) is 2.77. The third kappa shape index (κ3) is 8.24. The Morgan fingerprint density at radius 2 is 1.20 bits per heavy atom. The molecule has 0 spiro atoms. The van der Waals surface area contributed by atoms with Gasteiger partial charge in [0.2, 0.25) is 0 Å². The average molecular weight is 411 g/mol. The Bertz CT molecular complexity index is 647. The minimum absolute atomic E-state index is 0.325. The molecule has 2 rings (SSSR count). The van der Waals surface area contributed by atoms with E-state index in [0.717, 1.165) is 19.3 Å². The molecule has 0 amide bonds. The van der Waals surface area contributed by atoms with Gasteiger partial charge in [0.1, 0.15) is 0 Å². The van der Waals surface area contributed by atoms with Crippen molar-refractivity contribution in [1.29, 1.82) is 0 Å². The molecule has 1 atom stereocenters. The fourth-order valence-electron chi connectivity index (χ4n) is 4.44. The van der Waals surface area contributed by atoms with E-state index in [1.807, 2.05) is 0 Å². The third-order valence-corrected chi connectivity index (χ3v) is 5.92. The van der Waals surface area contributed by atoms with Gasteiger partial charge < -0.3 is 9.47 Å². The molecule has 166 valence electrons. The Balaban J connectivity index is 2.22. The van der Waals surface area contributed by atoms with Crippen LogP contribution in [0.25, 0.3) is 0 Å². The molecule has 0 heterocycles. The molecule has 0 aliphatic carbocycles. The third-order valence-electron chi connectivity index (χ3n) is 5.92. The van der Waals surface area contributed by atoms with E-state index < -0.39 is 5.79 Å². The van der Waals surface area contributed by atoms with Gasteiger partial charge in [-0.05, 0) is 37.8 Å². The quantitative estimate of drug-likeness (QED) is 0.209. The lowest BCUT2D eigenvalue weighted by Gasteiger charge is -2.41. The summed E-state index contributed by atoms with van der Waals surface area (Å²) in [7, 11) is 0. The molecule has 2 aromatic carbocycles. The minimum Gasteiger partial charge on any atom is -0.350 e. The Morgan fingerprint density at radius 1 is 0.667 bits per heavy atom. The zero-order valence-corrected chi connectivity index (χ0v) is 19.4. The summed E-state index contributed by atoms with van der Waals surface area (Å²) in [5.74, 6) is -0.254. The van der Waals surface area contributed by atoms with Crippen LogP contribution in [0.3, 0.4) is 0 Å². The molecule has 0 N–H and O–H groups in total. The van der Waals surface area contributed by atoms with Crippen molar-refractivity contribution in [3.63, 3.8) is 0 Å². The molecule has 0 saturated heterocycles. The van der Waals surface area contributed by atoms with Crippen LogP contribution < -0.4 is 0 Å². The first-order valence-electron chi connectivity index (χ1n) is 12.1. The molecule has 0 bridgehead atoms. The van der Waals surface area contributed by atoms with Gasteiger partial charge in [0.05, 0.1) is 0 Å². The van der Waals surface area contributed by atoms with Crippen LogP contribution in [0.4, 0.5) is 0 Å². The highest BCUT2D eigenvalue weighted by Gasteiger charge is 2.40. The lowest BCUT2D eigenvalue weighted by molar-refractivity contribution is -0.264. The van der Waals surface area contributed by atoms with Crippen LogP contribution in [0.15, 0.2) is 60.7 Å². The van der Waals surface area contributed by atoms with Gasteiger partial charge in [0, 0.05) is 25.6 Å². The Labute approximate surface area is 185 Å². The van der Waals surface area contributed by atoms with Gasteiger partial charge in [-0.3, -0.25) is 0 Å².